The number of aryl methyl sites for hydroxylation is 1. The Balaban J connectivity index is 1.88. The number of unbranched alkanes of at least 4 members (excludes halogenated alkanes) is 1. The van der Waals surface area contributed by atoms with E-state index in [1.165, 1.54) is 30.3 Å². The number of rotatable bonds is 8. The summed E-state index contributed by atoms with van der Waals surface area (Å²) in [6.45, 7) is 2.76. The molecule has 0 atom stereocenters. The third kappa shape index (κ3) is 4.86. The molecule has 0 N–H and O–H groups in total. The van der Waals surface area contributed by atoms with Crippen molar-refractivity contribution in [1.82, 2.24) is 4.57 Å². The predicted molar refractivity (Wildman–Crippen MR) is 146 cm³/mol. The molecule has 0 unspecified atom stereocenters. The Hall–Kier alpha value is -3.41. The molecular weight excluding hydrogens is 569 g/mol. The van der Waals surface area contributed by atoms with E-state index >= 15 is 0 Å². The third-order valence-corrected chi connectivity index (χ3v) is 11.5. The molecule has 210 valence electrons. The van der Waals surface area contributed by atoms with Gasteiger partial charge in [-0.1, -0.05) is 31.5 Å². The highest BCUT2D eigenvalue weighted by molar-refractivity contribution is 8.33. The Morgan fingerprint density at radius 3 is 1.80 bits per heavy atom. The Kier molecular flexibility index (Phi) is 7.41. The van der Waals surface area contributed by atoms with Crippen LogP contribution >= 0.6 is 10.3 Å². The number of fused-ring (bicyclic) bond motifs is 3. The van der Waals surface area contributed by atoms with Crippen LogP contribution in [0.15, 0.2) is 106 Å². The van der Waals surface area contributed by atoms with Crippen LogP contribution in [0.2, 0.25) is 0 Å². The normalized spacial score (nSPS) is 13.2. The van der Waals surface area contributed by atoms with Gasteiger partial charge >= 0.3 is 15.6 Å². The molecule has 40 heavy (non-hydrogen) atoms. The maximum absolute atomic E-state index is 14.0. The number of alkyl halides is 3. The monoisotopic (exact) mass is 593 g/mol. The lowest BCUT2D eigenvalue weighted by molar-refractivity contribution is -0.0496. The highest BCUT2D eigenvalue weighted by Crippen LogP contribution is 2.71. The van der Waals surface area contributed by atoms with Crippen LogP contribution in [0.25, 0.3) is 21.8 Å². The first-order chi connectivity index (χ1) is 19.0. The molecule has 0 fully saturated rings. The smallest absolute Gasteiger partial charge is 0.340 e. The predicted octanol–water partition coefficient (Wildman–Crippen LogP) is 8.94. The first-order valence-corrected chi connectivity index (χ1v) is 15.3. The van der Waals surface area contributed by atoms with Crippen LogP contribution in [-0.4, -0.2) is 18.5 Å². The Morgan fingerprint density at radius 1 is 0.725 bits per heavy atom. The van der Waals surface area contributed by atoms with Crippen molar-refractivity contribution in [3.63, 3.8) is 0 Å². The number of nitrogens with zero attached hydrogens (tertiary/aromatic N) is 1. The number of aromatic nitrogens is 1. The molecule has 0 saturated carbocycles. The fourth-order valence-corrected chi connectivity index (χ4v) is 9.45. The molecule has 0 amide bonds. The summed E-state index contributed by atoms with van der Waals surface area (Å²) in [5.74, 6) is -1.35. The summed E-state index contributed by atoms with van der Waals surface area (Å²) >= 11 is 0. The standard InChI is InChI=1S/C29H24F5NO3S2/c1-2-3-18-35-27-7-5-4-6-25(27)26-19-24(16-17-28(26)35)39(22-12-8-20(30)9-13-22,23-14-10-21(31)11-15-23)38-40(36,37)29(32,33)34/h4-17,19H,2-3,18H2,1H3. The van der Waals surface area contributed by atoms with Gasteiger partial charge < -0.3 is 4.57 Å². The second kappa shape index (κ2) is 10.5. The van der Waals surface area contributed by atoms with Gasteiger partial charge in [-0.3, -0.25) is 0 Å². The van der Waals surface area contributed by atoms with E-state index in [0.717, 1.165) is 53.5 Å². The number of benzene rings is 4. The molecule has 0 saturated heterocycles. The van der Waals surface area contributed by atoms with Gasteiger partial charge in [0.05, 0.1) is 0 Å². The van der Waals surface area contributed by atoms with E-state index in [9.17, 15) is 30.4 Å². The summed E-state index contributed by atoms with van der Waals surface area (Å²) in [7, 11) is -9.90. The molecule has 4 nitrogen and oxygen atoms in total. The number of para-hydroxylation sites is 1. The molecule has 5 rings (SSSR count). The second-order valence-corrected chi connectivity index (χ2v) is 13.6. The van der Waals surface area contributed by atoms with Gasteiger partial charge in [0.25, 0.3) is 0 Å². The van der Waals surface area contributed by atoms with Crippen molar-refractivity contribution < 1.29 is 34.0 Å². The molecular formula is C29H24F5NO3S2. The van der Waals surface area contributed by atoms with Crippen LogP contribution < -0.4 is 0 Å². The van der Waals surface area contributed by atoms with Crippen molar-refractivity contribution in [3.8, 4) is 0 Å². The minimum absolute atomic E-state index is 0.0117. The fourth-order valence-electron chi connectivity index (χ4n) is 4.72. The quantitative estimate of drug-likeness (QED) is 0.133. The van der Waals surface area contributed by atoms with Crippen LogP contribution in [0.3, 0.4) is 0 Å². The average Bonchev–Trinajstić information content (AvgIpc) is 3.24. The zero-order valence-corrected chi connectivity index (χ0v) is 22.8. The summed E-state index contributed by atoms with van der Waals surface area (Å²) in [5.41, 5.74) is -4.02. The third-order valence-electron chi connectivity index (χ3n) is 6.58. The van der Waals surface area contributed by atoms with Gasteiger partial charge in [-0.05, 0) is 89.5 Å². The molecule has 0 spiro atoms. The lowest BCUT2D eigenvalue weighted by Crippen LogP contribution is -2.27. The van der Waals surface area contributed by atoms with E-state index in [0.29, 0.717) is 11.9 Å². The number of hydrogen-bond acceptors (Lipinski definition) is 3. The summed E-state index contributed by atoms with van der Waals surface area (Å²) in [4.78, 5) is 0.0919. The van der Waals surface area contributed by atoms with E-state index in [4.69, 9.17) is 3.63 Å². The molecule has 0 aliphatic carbocycles. The SMILES string of the molecule is CCCCn1c2ccccc2c2cc(S(OS(=O)(=O)C(F)(F)F)(c3ccc(F)cc3)c3ccc(F)cc3)ccc21. The van der Waals surface area contributed by atoms with Crippen LogP contribution in [0.4, 0.5) is 22.0 Å². The zero-order chi connectivity index (χ0) is 28.7. The van der Waals surface area contributed by atoms with Gasteiger partial charge in [-0.15, -0.1) is 0 Å². The van der Waals surface area contributed by atoms with Gasteiger partial charge in [0.2, 0.25) is 0 Å². The van der Waals surface area contributed by atoms with Crippen LogP contribution in [0.1, 0.15) is 19.8 Å². The van der Waals surface area contributed by atoms with E-state index in [1.807, 2.05) is 24.3 Å². The average molecular weight is 594 g/mol. The first kappa shape index (κ1) is 28.1. The molecule has 4 aromatic carbocycles. The van der Waals surface area contributed by atoms with Crippen LogP contribution in [-0.2, 0) is 20.3 Å². The molecule has 0 radical (unpaired) electrons. The van der Waals surface area contributed by atoms with E-state index in [1.54, 1.807) is 12.1 Å². The van der Waals surface area contributed by atoms with E-state index < -0.39 is 37.6 Å². The largest absolute Gasteiger partial charge is 0.524 e. The first-order valence-electron chi connectivity index (χ1n) is 12.4. The minimum atomic E-state index is -6.18. The summed E-state index contributed by atoms with van der Waals surface area (Å²) in [6.07, 6.45) is 1.83. The molecule has 1 aromatic heterocycles. The topological polar surface area (TPSA) is 48.3 Å². The van der Waals surface area contributed by atoms with Crippen molar-refractivity contribution in [1.29, 1.82) is 0 Å². The van der Waals surface area contributed by atoms with Gasteiger partial charge in [-0.2, -0.15) is 25.2 Å². The highest BCUT2D eigenvalue weighted by atomic mass is 32.3. The molecule has 0 aliphatic heterocycles. The lowest BCUT2D eigenvalue weighted by Gasteiger charge is -2.39. The van der Waals surface area contributed by atoms with Crippen molar-refractivity contribution in [2.45, 2.75) is 46.5 Å². The Bertz CT molecular complexity index is 1740. The Labute approximate surface area is 229 Å². The van der Waals surface area contributed by atoms with E-state index in [-0.39, 0.29) is 14.7 Å². The molecule has 0 aliphatic rings. The van der Waals surface area contributed by atoms with Crippen molar-refractivity contribution >= 4 is 42.2 Å². The van der Waals surface area contributed by atoms with Crippen LogP contribution in [0, 0.1) is 11.6 Å². The zero-order valence-electron chi connectivity index (χ0n) is 21.2. The lowest BCUT2D eigenvalue weighted by atomic mass is 10.1. The number of halogens is 5. The maximum Gasteiger partial charge on any atom is 0.524 e. The van der Waals surface area contributed by atoms with Crippen molar-refractivity contribution in [3.05, 3.63) is 103 Å². The Morgan fingerprint density at radius 2 is 1.25 bits per heavy atom. The molecule has 0 bridgehead atoms. The summed E-state index contributed by atoms with van der Waals surface area (Å²) in [6, 6.07) is 21.2. The van der Waals surface area contributed by atoms with Gasteiger partial charge in [0, 0.05) is 43.0 Å². The minimum Gasteiger partial charge on any atom is -0.340 e. The molecule has 5 aromatic rings. The highest BCUT2D eigenvalue weighted by Gasteiger charge is 2.52. The molecule has 11 heteroatoms. The summed E-state index contributed by atoms with van der Waals surface area (Å²) < 4.78 is 102. The van der Waals surface area contributed by atoms with Gasteiger partial charge in [-0.25, -0.2) is 8.78 Å². The van der Waals surface area contributed by atoms with Crippen LogP contribution in [0.5, 0.6) is 0 Å². The molecule has 1 heterocycles. The van der Waals surface area contributed by atoms with Gasteiger partial charge in [0.1, 0.15) is 11.6 Å². The number of hydrogen-bond donors (Lipinski definition) is 0. The van der Waals surface area contributed by atoms with Gasteiger partial charge in [0.15, 0.2) is 0 Å². The van der Waals surface area contributed by atoms with Crippen molar-refractivity contribution in [2.24, 2.45) is 0 Å². The fraction of sp³-hybridized carbons (Fsp3) is 0.172. The van der Waals surface area contributed by atoms with E-state index in [2.05, 4.69) is 11.5 Å². The van der Waals surface area contributed by atoms with Crippen molar-refractivity contribution in [2.75, 3.05) is 0 Å². The summed E-state index contributed by atoms with van der Waals surface area (Å²) in [5, 5.41) is 1.50. The second-order valence-electron chi connectivity index (χ2n) is 9.13. The maximum atomic E-state index is 14.0.